The van der Waals surface area contributed by atoms with Crippen LogP contribution < -0.4 is 0 Å². The Kier molecular flexibility index (Phi) is 3.95. The number of aliphatic hydroxyl groups is 1. The Hall–Kier alpha value is -2.21. The van der Waals surface area contributed by atoms with E-state index in [4.69, 9.17) is 10.2 Å². The molecule has 0 heterocycles. The highest BCUT2D eigenvalue weighted by Crippen LogP contribution is 2.28. The van der Waals surface area contributed by atoms with E-state index in [1.165, 1.54) is 18.2 Å². The van der Waals surface area contributed by atoms with Gasteiger partial charge in [-0.2, -0.15) is 0 Å². The minimum absolute atomic E-state index is 0.0593. The lowest BCUT2D eigenvalue weighted by molar-refractivity contribution is -0.386. The smallest absolute Gasteiger partial charge is 0.336 e. The zero-order valence-corrected chi connectivity index (χ0v) is 8.92. The van der Waals surface area contributed by atoms with Crippen molar-refractivity contribution in [3.8, 4) is 0 Å². The number of aromatic carboxylic acids is 1. The van der Waals surface area contributed by atoms with Crippen molar-refractivity contribution in [3.05, 3.63) is 51.6 Å². The van der Waals surface area contributed by atoms with Gasteiger partial charge >= 0.3 is 5.97 Å². The highest BCUT2D eigenvalue weighted by molar-refractivity contribution is 5.91. The van der Waals surface area contributed by atoms with Gasteiger partial charge in [0.1, 0.15) is 0 Å². The van der Waals surface area contributed by atoms with Gasteiger partial charge in [-0.05, 0) is 18.6 Å². The van der Waals surface area contributed by atoms with Crippen LogP contribution in [0.5, 0.6) is 0 Å². The first-order valence-corrected chi connectivity index (χ1v) is 4.77. The van der Waals surface area contributed by atoms with Gasteiger partial charge < -0.3 is 10.2 Å². The van der Waals surface area contributed by atoms with Crippen LogP contribution in [-0.2, 0) is 13.0 Å². The molecule has 1 aromatic rings. The fourth-order valence-corrected chi connectivity index (χ4v) is 1.59. The van der Waals surface area contributed by atoms with Crippen molar-refractivity contribution in [3.63, 3.8) is 0 Å². The average Bonchev–Trinajstić information content (AvgIpc) is 2.27. The number of carbonyl (C=O) groups is 1. The van der Waals surface area contributed by atoms with Crippen LogP contribution in [0.3, 0.4) is 0 Å². The SMILES string of the molecule is C=CCc1c(C(=O)O)ccc(CO)c1[N+](=O)[O-]. The Morgan fingerprint density at radius 3 is 2.59 bits per heavy atom. The molecule has 0 aromatic heterocycles. The summed E-state index contributed by atoms with van der Waals surface area (Å²) < 4.78 is 0. The minimum Gasteiger partial charge on any atom is -0.478 e. The van der Waals surface area contributed by atoms with Crippen molar-refractivity contribution in [2.24, 2.45) is 0 Å². The maximum absolute atomic E-state index is 11.0. The first-order chi connectivity index (χ1) is 8.02. The monoisotopic (exact) mass is 237 g/mol. The minimum atomic E-state index is -1.24. The van der Waals surface area contributed by atoms with Crippen molar-refractivity contribution < 1.29 is 19.9 Å². The molecular weight excluding hydrogens is 226 g/mol. The lowest BCUT2D eigenvalue weighted by atomic mass is 9.98. The predicted octanol–water partition coefficient (Wildman–Crippen LogP) is 1.51. The molecule has 6 nitrogen and oxygen atoms in total. The Morgan fingerprint density at radius 1 is 1.53 bits per heavy atom. The van der Waals surface area contributed by atoms with Gasteiger partial charge in [0, 0.05) is 5.56 Å². The summed E-state index contributed by atoms with van der Waals surface area (Å²) in [5.41, 5.74) is -0.345. The number of allylic oxidation sites excluding steroid dienone is 1. The second-order valence-corrected chi connectivity index (χ2v) is 3.31. The highest BCUT2D eigenvalue weighted by atomic mass is 16.6. The van der Waals surface area contributed by atoms with Crippen molar-refractivity contribution in [2.45, 2.75) is 13.0 Å². The normalized spacial score (nSPS) is 9.94. The topological polar surface area (TPSA) is 101 Å². The van der Waals surface area contributed by atoms with E-state index < -0.39 is 17.5 Å². The molecule has 0 radical (unpaired) electrons. The van der Waals surface area contributed by atoms with Crippen LogP contribution in [0.25, 0.3) is 0 Å². The van der Waals surface area contributed by atoms with Crippen LogP contribution in [0.4, 0.5) is 5.69 Å². The summed E-state index contributed by atoms with van der Waals surface area (Å²) in [6, 6.07) is 2.49. The molecule has 1 rings (SSSR count). The van der Waals surface area contributed by atoms with Crippen molar-refractivity contribution in [1.82, 2.24) is 0 Å². The molecule has 0 bridgehead atoms. The molecular formula is C11H11NO5. The first kappa shape index (κ1) is 12.9. The molecule has 17 heavy (non-hydrogen) atoms. The van der Waals surface area contributed by atoms with E-state index >= 15 is 0 Å². The van der Waals surface area contributed by atoms with Crippen LogP contribution in [0.2, 0.25) is 0 Å². The molecule has 0 aliphatic heterocycles. The Morgan fingerprint density at radius 2 is 2.18 bits per heavy atom. The first-order valence-electron chi connectivity index (χ1n) is 4.77. The van der Waals surface area contributed by atoms with Crippen LogP contribution in [0.15, 0.2) is 24.8 Å². The van der Waals surface area contributed by atoms with Crippen LogP contribution >= 0.6 is 0 Å². The van der Waals surface area contributed by atoms with E-state index in [2.05, 4.69) is 6.58 Å². The molecule has 0 saturated heterocycles. The zero-order valence-electron chi connectivity index (χ0n) is 8.92. The average molecular weight is 237 g/mol. The number of carboxylic acid groups (broad SMARTS) is 1. The lowest BCUT2D eigenvalue weighted by Crippen LogP contribution is -2.08. The Balaban J connectivity index is 3.58. The molecule has 6 heteroatoms. The molecule has 0 amide bonds. The molecule has 0 saturated carbocycles. The standard InChI is InChI=1S/C11H11NO5/c1-2-3-8-9(11(14)15)5-4-7(6-13)10(8)12(16)17/h2,4-5,13H,1,3,6H2,(H,14,15). The van der Waals surface area contributed by atoms with Crippen molar-refractivity contribution in [2.75, 3.05) is 0 Å². The molecule has 0 fully saturated rings. The van der Waals surface area contributed by atoms with Gasteiger partial charge in [-0.15, -0.1) is 6.58 Å². The fraction of sp³-hybridized carbons (Fsp3) is 0.182. The highest BCUT2D eigenvalue weighted by Gasteiger charge is 2.24. The summed E-state index contributed by atoms with van der Waals surface area (Å²) >= 11 is 0. The number of nitrogens with zero attached hydrogens (tertiary/aromatic N) is 1. The van der Waals surface area contributed by atoms with E-state index in [9.17, 15) is 14.9 Å². The summed E-state index contributed by atoms with van der Waals surface area (Å²) in [5, 5.41) is 28.9. The van der Waals surface area contributed by atoms with Gasteiger partial charge in [-0.3, -0.25) is 10.1 Å². The van der Waals surface area contributed by atoms with E-state index in [-0.39, 0.29) is 28.8 Å². The predicted molar refractivity (Wildman–Crippen MR) is 59.9 cm³/mol. The van der Waals surface area contributed by atoms with Gasteiger partial charge in [0.2, 0.25) is 0 Å². The molecule has 90 valence electrons. The number of carboxylic acids is 1. The lowest BCUT2D eigenvalue weighted by Gasteiger charge is -2.08. The summed E-state index contributed by atoms with van der Waals surface area (Å²) in [6.45, 7) is 2.92. The Bertz CT molecular complexity index is 481. The maximum Gasteiger partial charge on any atom is 0.336 e. The maximum atomic E-state index is 11.0. The molecule has 0 spiro atoms. The van der Waals surface area contributed by atoms with Gasteiger partial charge in [0.05, 0.1) is 22.7 Å². The molecule has 0 unspecified atom stereocenters. The molecule has 0 atom stereocenters. The fourth-order valence-electron chi connectivity index (χ4n) is 1.59. The number of aliphatic hydroxyl groups excluding tert-OH is 1. The third kappa shape index (κ3) is 2.48. The molecule has 2 N–H and O–H groups in total. The quantitative estimate of drug-likeness (QED) is 0.459. The number of hydrogen-bond acceptors (Lipinski definition) is 4. The van der Waals surface area contributed by atoms with Gasteiger partial charge in [-0.25, -0.2) is 4.79 Å². The second kappa shape index (κ2) is 5.22. The van der Waals surface area contributed by atoms with Crippen LogP contribution in [-0.4, -0.2) is 21.1 Å². The summed E-state index contributed by atoms with van der Waals surface area (Å²) in [6.07, 6.45) is 1.45. The number of benzene rings is 1. The van der Waals surface area contributed by atoms with Crippen LogP contribution in [0.1, 0.15) is 21.5 Å². The number of rotatable bonds is 5. The third-order valence-corrected chi connectivity index (χ3v) is 2.30. The van der Waals surface area contributed by atoms with E-state index in [0.29, 0.717) is 0 Å². The van der Waals surface area contributed by atoms with Crippen molar-refractivity contribution in [1.29, 1.82) is 0 Å². The summed E-state index contributed by atoms with van der Waals surface area (Å²) in [5.74, 6) is -1.24. The summed E-state index contributed by atoms with van der Waals surface area (Å²) in [4.78, 5) is 21.2. The summed E-state index contributed by atoms with van der Waals surface area (Å²) in [7, 11) is 0. The second-order valence-electron chi connectivity index (χ2n) is 3.31. The molecule has 1 aromatic carbocycles. The molecule has 0 aliphatic rings. The Labute approximate surface area is 97.0 Å². The van der Waals surface area contributed by atoms with E-state index in [1.807, 2.05) is 0 Å². The zero-order chi connectivity index (χ0) is 13.0. The van der Waals surface area contributed by atoms with E-state index in [0.717, 1.165) is 0 Å². The molecule has 0 aliphatic carbocycles. The van der Waals surface area contributed by atoms with Crippen LogP contribution in [0, 0.1) is 10.1 Å². The van der Waals surface area contributed by atoms with E-state index in [1.54, 1.807) is 0 Å². The van der Waals surface area contributed by atoms with Crippen molar-refractivity contribution >= 4 is 11.7 Å². The largest absolute Gasteiger partial charge is 0.478 e. The third-order valence-electron chi connectivity index (χ3n) is 2.30. The van der Waals surface area contributed by atoms with Gasteiger partial charge in [-0.1, -0.05) is 6.08 Å². The van der Waals surface area contributed by atoms with Gasteiger partial charge in [0.15, 0.2) is 0 Å². The number of nitro groups is 1. The number of nitro benzene ring substituents is 1. The van der Waals surface area contributed by atoms with Gasteiger partial charge in [0.25, 0.3) is 5.69 Å². The number of hydrogen-bond donors (Lipinski definition) is 2.